The number of hydrogen-bond donors (Lipinski definition) is 5. The Balaban J connectivity index is 1.13. The molecule has 4 saturated heterocycles. The first-order valence-electron chi connectivity index (χ1n) is 16.0. The van der Waals surface area contributed by atoms with Gasteiger partial charge in [-0.2, -0.15) is 13.2 Å². The molecule has 42 heavy (non-hydrogen) atoms. The Morgan fingerprint density at radius 2 is 1.95 bits per heavy atom. The molecule has 5 aliphatic rings. The third kappa shape index (κ3) is 6.71. The van der Waals surface area contributed by atoms with Crippen LogP contribution in [-0.4, -0.2) is 70.3 Å². The normalized spacial score (nSPS) is 38.6. The van der Waals surface area contributed by atoms with Crippen LogP contribution in [0.3, 0.4) is 0 Å². The van der Waals surface area contributed by atoms with Crippen LogP contribution in [0.5, 0.6) is 5.88 Å². The maximum Gasteiger partial charge on any atom is 0.394 e. The predicted octanol–water partition coefficient (Wildman–Crippen LogP) is 4.61. The molecule has 5 N–H and O–H groups in total. The molecule has 8 atom stereocenters. The Morgan fingerprint density at radius 3 is 2.74 bits per heavy atom. The van der Waals surface area contributed by atoms with Gasteiger partial charge in [0, 0.05) is 36.8 Å². The van der Waals surface area contributed by atoms with Gasteiger partial charge in [-0.1, -0.05) is 0 Å². The number of halogens is 3. The second-order valence-electron chi connectivity index (χ2n) is 13.9. The molecule has 0 radical (unpaired) electrons. The van der Waals surface area contributed by atoms with E-state index in [1.54, 1.807) is 6.07 Å². The van der Waals surface area contributed by atoms with Crippen molar-refractivity contribution in [2.24, 2.45) is 17.3 Å². The molecule has 1 aromatic heterocycles. The summed E-state index contributed by atoms with van der Waals surface area (Å²) < 4.78 is 60.0. The molecule has 5 heterocycles. The van der Waals surface area contributed by atoms with E-state index in [0.29, 0.717) is 23.9 Å². The van der Waals surface area contributed by atoms with Gasteiger partial charge in [0.2, 0.25) is 5.88 Å². The van der Waals surface area contributed by atoms with E-state index in [2.05, 4.69) is 44.5 Å². The fraction of sp³-hybridized carbons (Fsp3) is 0.897. The summed E-state index contributed by atoms with van der Waals surface area (Å²) in [5.74, 6) is 1.38. The fourth-order valence-corrected chi connectivity index (χ4v) is 9.07. The summed E-state index contributed by atoms with van der Waals surface area (Å²) in [6.45, 7) is 7.60. The van der Waals surface area contributed by atoms with E-state index in [1.165, 1.54) is 12.8 Å². The highest BCUT2D eigenvalue weighted by Gasteiger charge is 2.62. The summed E-state index contributed by atoms with van der Waals surface area (Å²) >= 11 is 0. The van der Waals surface area contributed by atoms with Gasteiger partial charge in [0.05, 0.1) is 29.7 Å². The zero-order valence-electron chi connectivity index (χ0n) is 25.0. The maximum absolute atomic E-state index is 13.3. The first-order chi connectivity index (χ1) is 20.0. The molecule has 1 aromatic rings. The lowest BCUT2D eigenvalue weighted by molar-refractivity contribution is -0.190. The van der Waals surface area contributed by atoms with Crippen LogP contribution in [0.4, 0.5) is 13.2 Å². The molecule has 0 aromatic carbocycles. The highest BCUT2D eigenvalue weighted by molar-refractivity contribution is 7.84. The van der Waals surface area contributed by atoms with Crippen LogP contribution in [-0.2, 0) is 10.9 Å². The Morgan fingerprint density at radius 1 is 1.12 bits per heavy atom. The average molecular weight is 615 g/mol. The number of aromatic nitrogens is 2. The van der Waals surface area contributed by atoms with Crippen molar-refractivity contribution in [3.63, 3.8) is 0 Å². The van der Waals surface area contributed by atoms with Gasteiger partial charge in [0.15, 0.2) is 0 Å². The summed E-state index contributed by atoms with van der Waals surface area (Å²) in [6, 6.07) is 1.76. The second-order valence-corrected chi connectivity index (χ2v) is 15.5. The van der Waals surface area contributed by atoms with Crippen LogP contribution in [0.15, 0.2) is 12.3 Å². The summed E-state index contributed by atoms with van der Waals surface area (Å²) in [6.07, 6.45) is 7.25. The summed E-state index contributed by atoms with van der Waals surface area (Å²) in [4.78, 5) is 2.66. The highest BCUT2D eigenvalue weighted by Crippen LogP contribution is 2.59. The molecule has 238 valence electrons. The number of ether oxygens (including phenoxy) is 1. The SMILES string of the molecule is CC1(C)CC2CCCNC3CCCC(N3)S(=N)NCC3CCC(n4ccc(OCCC5(C(F)(F)F)CC5)n4)NC3N1C2. The van der Waals surface area contributed by atoms with Crippen LogP contribution in [0, 0.1) is 22.0 Å². The van der Waals surface area contributed by atoms with Crippen LogP contribution in [0.2, 0.25) is 0 Å². The minimum Gasteiger partial charge on any atom is -0.477 e. The topological polar surface area (TPSA) is 102 Å². The number of fused-ring (bicyclic) bond motifs is 6. The van der Waals surface area contributed by atoms with Crippen molar-refractivity contribution < 1.29 is 17.9 Å². The van der Waals surface area contributed by atoms with E-state index in [9.17, 15) is 13.2 Å². The minimum atomic E-state index is -4.16. The fourth-order valence-electron chi connectivity index (χ4n) is 7.77. The van der Waals surface area contributed by atoms with Gasteiger partial charge >= 0.3 is 6.18 Å². The quantitative estimate of drug-likeness (QED) is 0.330. The number of hydrogen-bond acceptors (Lipinski definition) is 7. The molecule has 1 aliphatic carbocycles. The molecule has 9 nitrogen and oxygen atoms in total. The predicted molar refractivity (Wildman–Crippen MR) is 158 cm³/mol. The smallest absolute Gasteiger partial charge is 0.394 e. The number of alkyl halides is 3. The summed E-state index contributed by atoms with van der Waals surface area (Å²) in [5.41, 5.74) is -1.50. The van der Waals surface area contributed by atoms with Crippen LogP contribution >= 0.6 is 0 Å². The van der Waals surface area contributed by atoms with Gasteiger partial charge in [0.25, 0.3) is 0 Å². The van der Waals surface area contributed by atoms with Crippen LogP contribution < -0.4 is 25.4 Å². The Labute approximate surface area is 250 Å². The van der Waals surface area contributed by atoms with Crippen molar-refractivity contribution in [2.45, 2.75) is 120 Å². The summed E-state index contributed by atoms with van der Waals surface area (Å²) in [5, 5.41) is 16.1. The van der Waals surface area contributed by atoms with Gasteiger partial charge in [-0.25, -0.2) is 0 Å². The molecule has 8 unspecified atom stereocenters. The molecule has 0 amide bonds. The Bertz CT molecular complexity index is 1100. The van der Waals surface area contributed by atoms with Crippen molar-refractivity contribution in [1.82, 2.24) is 35.4 Å². The Hall–Kier alpha value is -1.25. The lowest BCUT2D eigenvalue weighted by Crippen LogP contribution is -2.61. The van der Waals surface area contributed by atoms with Crippen molar-refractivity contribution >= 4 is 10.9 Å². The van der Waals surface area contributed by atoms with E-state index in [1.807, 2.05) is 10.9 Å². The average Bonchev–Trinajstić information content (AvgIpc) is 3.50. The second kappa shape index (κ2) is 12.3. The standard InChI is InChI=1S/C29H49F3N8OS/c1-27(2)17-20-5-4-14-34-22-6-3-7-25(36-22)42(33)35-18-21-8-9-23(37-26(21)39(27)19-20)40-15-10-24(38-40)41-16-13-28(11-12-28)29(30,31)32/h10,15,20-23,25-26,34,36-37H,3-9,11-14,16-19H2,1-2H3,(H2,33,35). The first kappa shape index (κ1) is 30.8. The molecule has 1 saturated carbocycles. The lowest BCUT2D eigenvalue weighted by atomic mass is 9.90. The number of piperidine rings is 2. The minimum absolute atomic E-state index is 0.0161. The number of rotatable bonds is 5. The van der Waals surface area contributed by atoms with Gasteiger partial charge in [-0.05, 0) is 108 Å². The number of nitrogens with one attached hydrogen (secondary N) is 5. The molecular formula is C29H49F3N8OS. The first-order valence-corrected chi connectivity index (χ1v) is 17.3. The zero-order chi connectivity index (χ0) is 29.5. The van der Waals surface area contributed by atoms with Crippen molar-refractivity contribution in [3.05, 3.63) is 12.3 Å². The van der Waals surface area contributed by atoms with Crippen molar-refractivity contribution in [1.29, 1.82) is 4.78 Å². The van der Waals surface area contributed by atoms with Crippen LogP contribution in [0.25, 0.3) is 0 Å². The van der Waals surface area contributed by atoms with E-state index >= 15 is 0 Å². The molecule has 5 fully saturated rings. The molecule has 6 rings (SSSR count). The maximum atomic E-state index is 13.3. The van der Waals surface area contributed by atoms with Crippen molar-refractivity contribution in [2.75, 3.05) is 26.2 Å². The monoisotopic (exact) mass is 614 g/mol. The molecule has 0 spiro atoms. The zero-order valence-corrected chi connectivity index (χ0v) is 25.8. The highest BCUT2D eigenvalue weighted by atomic mass is 32.2. The summed E-state index contributed by atoms with van der Waals surface area (Å²) in [7, 11) is -0.664. The third-order valence-electron chi connectivity index (χ3n) is 10.5. The third-order valence-corrected chi connectivity index (χ3v) is 11.9. The van der Waals surface area contributed by atoms with Gasteiger partial charge in [-0.3, -0.25) is 29.7 Å². The van der Waals surface area contributed by atoms with Gasteiger partial charge < -0.3 is 10.1 Å². The lowest BCUT2D eigenvalue weighted by Gasteiger charge is -2.47. The Kier molecular flexibility index (Phi) is 8.99. The molecular weight excluding hydrogens is 565 g/mol. The van der Waals surface area contributed by atoms with E-state index in [-0.39, 0.29) is 49.1 Å². The van der Waals surface area contributed by atoms with Gasteiger partial charge in [0.1, 0.15) is 6.17 Å². The van der Waals surface area contributed by atoms with E-state index in [0.717, 1.165) is 58.2 Å². The number of nitrogens with zero attached hydrogens (tertiary/aromatic N) is 3. The largest absolute Gasteiger partial charge is 0.477 e. The molecule has 13 heteroatoms. The van der Waals surface area contributed by atoms with E-state index in [4.69, 9.17) is 9.52 Å². The van der Waals surface area contributed by atoms with E-state index < -0.39 is 22.5 Å². The van der Waals surface area contributed by atoms with Crippen molar-refractivity contribution in [3.8, 4) is 5.88 Å². The van der Waals surface area contributed by atoms with Crippen LogP contribution in [0.1, 0.15) is 90.6 Å². The molecule has 4 bridgehead atoms. The molecule has 4 aliphatic heterocycles. The van der Waals surface area contributed by atoms with Gasteiger partial charge in [-0.15, -0.1) is 5.10 Å².